The van der Waals surface area contributed by atoms with Gasteiger partial charge in [0, 0.05) is 36.3 Å². The van der Waals surface area contributed by atoms with Gasteiger partial charge in [-0.15, -0.1) is 0 Å². The summed E-state index contributed by atoms with van der Waals surface area (Å²) >= 11 is 6.38. The van der Waals surface area contributed by atoms with Crippen LogP contribution < -0.4 is 0 Å². The molecular weight excluding hydrogens is 1480 g/mol. The number of aliphatic hydroxyl groups is 1. The van der Waals surface area contributed by atoms with Gasteiger partial charge in [0.25, 0.3) is 0 Å². The number of hydrogen-bond donors (Lipinski definition) is 3. The summed E-state index contributed by atoms with van der Waals surface area (Å²) in [6.07, 6.45) is 2.59. The normalized spacial score (nSPS) is 11.6. The third kappa shape index (κ3) is 58.5. The minimum absolute atomic E-state index is 0. The molecule has 0 saturated carbocycles. The zero-order chi connectivity index (χ0) is 73.9. The number of esters is 5. The molecular formula is C70H121Br2O24P3. The molecule has 0 spiro atoms. The van der Waals surface area contributed by atoms with Crippen LogP contribution in [-0.2, 0) is 118 Å². The monoisotopic (exact) mass is 1600 g/mol. The topological polar surface area (TPSA) is 333 Å². The Hall–Kier alpha value is -4.68. The summed E-state index contributed by atoms with van der Waals surface area (Å²) in [6, 6.07) is 28.6. The fraction of sp³-hybridized carbons (Fsp3) is 0.643. The van der Waals surface area contributed by atoms with E-state index in [1.165, 1.54) is 0 Å². The molecule has 3 N–H and O–H groups in total. The second kappa shape index (κ2) is 59.8. The molecule has 0 heterocycles. The summed E-state index contributed by atoms with van der Waals surface area (Å²) < 4.78 is 95.1. The Morgan fingerprint density at radius 2 is 0.697 bits per heavy atom. The fourth-order valence-corrected chi connectivity index (χ4v) is 13.2. The second-order valence-corrected chi connectivity index (χ2v) is 31.2. The number of hydrogen-bond acceptors (Lipinski definition) is 22. The maximum absolute atomic E-state index is 13.2. The van der Waals surface area contributed by atoms with E-state index >= 15 is 0 Å². The quantitative estimate of drug-likeness (QED) is 0.0209. The van der Waals surface area contributed by atoms with Crippen LogP contribution in [0.5, 0.6) is 0 Å². The van der Waals surface area contributed by atoms with Crippen LogP contribution in [0.4, 0.5) is 0 Å². The summed E-state index contributed by atoms with van der Waals surface area (Å²) in [6.45, 7) is 27.3. The number of ether oxygens (including phenoxy) is 5. The lowest BCUT2D eigenvalue weighted by atomic mass is 10.1. The van der Waals surface area contributed by atoms with Gasteiger partial charge in [-0.1, -0.05) is 145 Å². The number of aliphatic hydroxyl groups excluding tert-OH is 1. The molecule has 24 nitrogen and oxygen atoms in total. The van der Waals surface area contributed by atoms with Gasteiger partial charge >= 0.3 is 64.6 Å². The van der Waals surface area contributed by atoms with Crippen molar-refractivity contribution >= 4 is 96.4 Å². The Balaban J connectivity index is -0.000000276. The van der Waals surface area contributed by atoms with Crippen molar-refractivity contribution in [1.82, 2.24) is 0 Å². The molecule has 0 aliphatic carbocycles. The van der Waals surface area contributed by atoms with Crippen molar-refractivity contribution in [3.8, 4) is 0 Å². The van der Waals surface area contributed by atoms with Gasteiger partial charge in [0.1, 0.15) is 36.2 Å². The first-order chi connectivity index (χ1) is 44.9. The summed E-state index contributed by atoms with van der Waals surface area (Å²) in [5.74, 6) is -4.14. The summed E-state index contributed by atoms with van der Waals surface area (Å²) in [5, 5.41) is 26.9. The molecule has 0 saturated heterocycles. The Labute approximate surface area is 608 Å². The minimum atomic E-state index is -3.72. The van der Waals surface area contributed by atoms with Crippen molar-refractivity contribution < 1.29 is 113 Å². The van der Waals surface area contributed by atoms with Gasteiger partial charge in [-0.05, 0) is 159 Å². The first kappa shape index (κ1) is 105. The van der Waals surface area contributed by atoms with E-state index < -0.39 is 80.8 Å². The number of aliphatic carboxylic acids is 2. The van der Waals surface area contributed by atoms with Crippen LogP contribution in [-0.4, -0.2) is 142 Å². The van der Waals surface area contributed by atoms with Crippen molar-refractivity contribution in [1.29, 1.82) is 0 Å². The fourth-order valence-electron chi connectivity index (χ4n) is 7.28. The number of carboxylic acid groups (broad SMARTS) is 2. The molecule has 574 valence electrons. The standard InChI is InChI=1S/C21H33O7P.C14H27O7P.C11H13BrO2.C10H21O5P.C7H8O.C4H7BrO2.3CH4/c1-6-26-29(24,27-7-2)18(20(23)28-21(3,4)5)14-11-15-19(22)25-16-17-12-9-8-10-13-17;1-6-19-22(18,20-7-2)11(9-8-10-12(15)16)13(17)21-14(3,4)5;12-8-4-7-11(13)14-9-10-5-2-1-3-6-10;1-6-13-16(12,14-7-2)8-9(11)15-10(3,4)5;8-6-7-4-2-1-3-5-7;5-3-1-2-4(6)7;;;/h8-10,12-13,18H,6-7,11,14-16H2,1-5H3;11H,6-10H2,1-5H3,(H,15,16);1-3,5-6H,4,7-9H2;6-8H2,1-5H3;1-5,8H,6H2;1-3H2,(H,6,7);3*1H4. The van der Waals surface area contributed by atoms with Crippen LogP contribution in [0.15, 0.2) is 91.0 Å². The molecule has 2 atom stereocenters. The average Bonchev–Trinajstić information content (AvgIpc) is 0.829. The molecule has 0 bridgehead atoms. The van der Waals surface area contributed by atoms with Gasteiger partial charge in [-0.3, -0.25) is 47.3 Å². The van der Waals surface area contributed by atoms with Crippen molar-refractivity contribution in [3.05, 3.63) is 108 Å². The van der Waals surface area contributed by atoms with E-state index in [0.29, 0.717) is 19.4 Å². The summed E-state index contributed by atoms with van der Waals surface area (Å²) in [7, 11) is -10.8. The van der Waals surface area contributed by atoms with E-state index in [0.717, 1.165) is 40.2 Å². The van der Waals surface area contributed by atoms with Gasteiger partial charge in [0.2, 0.25) is 0 Å². The van der Waals surface area contributed by atoms with Crippen LogP contribution in [0.3, 0.4) is 0 Å². The van der Waals surface area contributed by atoms with Gasteiger partial charge in [0.05, 0.1) is 46.2 Å². The van der Waals surface area contributed by atoms with Gasteiger partial charge < -0.3 is 66.1 Å². The van der Waals surface area contributed by atoms with Crippen molar-refractivity contribution in [2.75, 3.05) is 56.5 Å². The summed E-state index contributed by atoms with van der Waals surface area (Å²) in [5.41, 5.74) is -1.41. The molecule has 0 aromatic heterocycles. The van der Waals surface area contributed by atoms with E-state index in [1.54, 1.807) is 104 Å². The molecule has 2 unspecified atom stereocenters. The molecule has 29 heteroatoms. The van der Waals surface area contributed by atoms with Gasteiger partial charge in [-0.2, -0.15) is 0 Å². The molecule has 0 amide bonds. The molecule has 3 rings (SSSR count). The highest BCUT2D eigenvalue weighted by molar-refractivity contribution is 9.09. The Morgan fingerprint density at radius 3 is 0.960 bits per heavy atom. The Kier molecular flexibility index (Phi) is 63.6. The van der Waals surface area contributed by atoms with E-state index in [-0.39, 0.29) is 132 Å². The molecule has 3 aromatic carbocycles. The lowest BCUT2D eigenvalue weighted by Crippen LogP contribution is -2.33. The highest BCUT2D eigenvalue weighted by Crippen LogP contribution is 2.56. The summed E-state index contributed by atoms with van der Waals surface area (Å²) in [4.78, 5) is 80.0. The first-order valence-electron chi connectivity index (χ1n) is 31.8. The molecule has 0 aliphatic rings. The third-order valence-corrected chi connectivity index (χ3v) is 19.0. The maximum atomic E-state index is 13.2. The Morgan fingerprint density at radius 1 is 0.414 bits per heavy atom. The zero-order valence-corrected chi connectivity index (χ0v) is 64.7. The van der Waals surface area contributed by atoms with Gasteiger partial charge in [0.15, 0.2) is 11.3 Å². The van der Waals surface area contributed by atoms with Crippen LogP contribution in [0.2, 0.25) is 0 Å². The van der Waals surface area contributed by atoms with Gasteiger partial charge in [-0.25, -0.2) is 0 Å². The predicted octanol–water partition coefficient (Wildman–Crippen LogP) is 17.9. The number of rotatable bonds is 37. The van der Waals surface area contributed by atoms with E-state index in [2.05, 4.69) is 31.9 Å². The van der Waals surface area contributed by atoms with Crippen LogP contribution >= 0.6 is 54.6 Å². The number of carbonyl (C=O) groups is 7. The van der Waals surface area contributed by atoms with E-state index in [1.807, 2.05) is 91.0 Å². The molecule has 0 aliphatic heterocycles. The number of carboxylic acids is 2. The Bertz CT molecular complexity index is 2710. The average molecular weight is 1600 g/mol. The SMILES string of the molecule is C.C.C.CCOP(=O)(CC(=O)OC(C)(C)C)OCC.CCOP(=O)(OCC)C(CCCC(=O)O)C(=O)OC(C)(C)C.CCOP(=O)(OCC)C(CCCC(=O)OCc1ccccc1)C(=O)OC(C)(C)C.O=C(CCCBr)OCc1ccccc1.O=C(O)CCCBr.OCc1ccccc1. The lowest BCUT2D eigenvalue weighted by Gasteiger charge is -2.28. The van der Waals surface area contributed by atoms with Crippen molar-refractivity contribution in [3.63, 3.8) is 0 Å². The third-order valence-electron chi connectivity index (χ3n) is 11.0. The molecule has 0 fully saturated rings. The largest absolute Gasteiger partial charge is 0.481 e. The minimum Gasteiger partial charge on any atom is -0.481 e. The first-order valence-corrected chi connectivity index (χ1v) is 39.0. The van der Waals surface area contributed by atoms with E-state index in [9.17, 15) is 47.3 Å². The maximum Gasteiger partial charge on any atom is 0.344 e. The lowest BCUT2D eigenvalue weighted by molar-refractivity contribution is -0.156. The highest BCUT2D eigenvalue weighted by Gasteiger charge is 2.44. The van der Waals surface area contributed by atoms with Crippen LogP contribution in [0, 0.1) is 0 Å². The van der Waals surface area contributed by atoms with Crippen LogP contribution in [0.1, 0.15) is 207 Å². The van der Waals surface area contributed by atoms with Crippen LogP contribution in [0.25, 0.3) is 0 Å². The number of benzene rings is 3. The number of carbonyl (C=O) groups excluding carboxylic acids is 5. The highest BCUT2D eigenvalue weighted by atomic mass is 79.9. The molecule has 99 heavy (non-hydrogen) atoms. The van der Waals surface area contributed by atoms with E-state index in [4.69, 9.17) is 66.1 Å². The zero-order valence-electron chi connectivity index (χ0n) is 58.9. The van der Waals surface area contributed by atoms with Crippen molar-refractivity contribution in [2.24, 2.45) is 0 Å². The molecule has 3 aromatic rings. The number of halogens is 2. The molecule has 0 radical (unpaired) electrons. The second-order valence-electron chi connectivity index (χ2n) is 23.1. The number of alkyl halides is 2. The van der Waals surface area contributed by atoms with Crippen molar-refractivity contribution in [2.45, 2.75) is 238 Å². The predicted molar refractivity (Wildman–Crippen MR) is 397 cm³/mol. The smallest absolute Gasteiger partial charge is 0.344 e.